The summed E-state index contributed by atoms with van der Waals surface area (Å²) in [5.41, 5.74) is 6.38. The van der Waals surface area contributed by atoms with Crippen LogP contribution in [0.3, 0.4) is 0 Å². The highest BCUT2D eigenvalue weighted by atomic mass is 127. The minimum atomic E-state index is -0.410. The molecule has 1 heterocycles. The second kappa shape index (κ2) is 11.9. The van der Waals surface area contributed by atoms with Crippen molar-refractivity contribution in [3.63, 3.8) is 0 Å². The molecule has 8 heteroatoms. The van der Waals surface area contributed by atoms with Crippen molar-refractivity contribution in [3.8, 4) is 0 Å². The summed E-state index contributed by atoms with van der Waals surface area (Å²) in [5, 5.41) is 6.38. The zero-order valence-corrected chi connectivity index (χ0v) is 18.6. The summed E-state index contributed by atoms with van der Waals surface area (Å²) >= 11 is 1.77. The molecule has 0 saturated carbocycles. The first kappa shape index (κ1) is 23.4. The summed E-state index contributed by atoms with van der Waals surface area (Å²) in [6.45, 7) is 3.16. The Morgan fingerprint density at radius 3 is 2.41 bits per heavy atom. The molecule has 0 fully saturated rings. The minimum absolute atomic E-state index is 0. The maximum Gasteiger partial charge on any atom is 0.222 e. The summed E-state index contributed by atoms with van der Waals surface area (Å²) in [5.74, 6) is -0.496. The number of primary amides is 1. The van der Waals surface area contributed by atoms with Gasteiger partial charge in [0.25, 0.3) is 0 Å². The molecule has 0 aliphatic heterocycles. The molecule has 0 saturated heterocycles. The van der Waals surface area contributed by atoms with Crippen LogP contribution in [0, 0.1) is 11.7 Å². The lowest BCUT2D eigenvalue weighted by molar-refractivity contribution is -0.121. The Hall–Kier alpha value is -1.68. The molecule has 0 aliphatic rings. The van der Waals surface area contributed by atoms with Crippen LogP contribution in [0.5, 0.6) is 0 Å². The van der Waals surface area contributed by atoms with Gasteiger partial charge in [-0.05, 0) is 42.7 Å². The Morgan fingerprint density at radius 2 is 1.85 bits per heavy atom. The Bertz CT molecular complexity index is 748. The van der Waals surface area contributed by atoms with Crippen LogP contribution in [0.25, 0.3) is 0 Å². The lowest BCUT2D eigenvalue weighted by Crippen LogP contribution is -2.42. The molecular formula is C19H26FIN4OS. The van der Waals surface area contributed by atoms with E-state index in [2.05, 4.69) is 34.7 Å². The monoisotopic (exact) mass is 504 g/mol. The normalized spacial score (nSPS) is 12.2. The molecular weight excluding hydrogens is 478 g/mol. The van der Waals surface area contributed by atoms with E-state index in [0.717, 1.165) is 12.0 Å². The summed E-state index contributed by atoms with van der Waals surface area (Å²) < 4.78 is 13.0. The van der Waals surface area contributed by atoms with E-state index >= 15 is 0 Å². The third kappa shape index (κ3) is 7.84. The van der Waals surface area contributed by atoms with E-state index in [1.165, 1.54) is 21.9 Å². The fourth-order valence-corrected chi connectivity index (χ4v) is 3.39. The molecule has 1 unspecified atom stereocenters. The zero-order valence-electron chi connectivity index (χ0n) is 15.5. The van der Waals surface area contributed by atoms with Crippen molar-refractivity contribution >= 4 is 47.2 Å². The second-order valence-electron chi connectivity index (χ2n) is 5.96. The number of halogens is 2. The molecule has 1 aromatic heterocycles. The van der Waals surface area contributed by atoms with Gasteiger partial charge >= 0.3 is 0 Å². The Labute approximate surface area is 180 Å². The first-order valence-electron chi connectivity index (χ1n) is 8.57. The lowest BCUT2D eigenvalue weighted by Gasteiger charge is -2.17. The van der Waals surface area contributed by atoms with E-state index in [9.17, 15) is 9.18 Å². The smallest absolute Gasteiger partial charge is 0.222 e. The minimum Gasteiger partial charge on any atom is -0.369 e. The van der Waals surface area contributed by atoms with Crippen LogP contribution in [-0.2, 0) is 24.2 Å². The largest absolute Gasteiger partial charge is 0.369 e. The number of nitrogens with zero attached hydrogens (tertiary/aromatic N) is 1. The number of carbonyl (C=O) groups excluding carboxylic acids is 1. The van der Waals surface area contributed by atoms with E-state index in [4.69, 9.17) is 5.73 Å². The van der Waals surface area contributed by atoms with Crippen LogP contribution in [0.1, 0.15) is 22.2 Å². The number of hydrogen-bond donors (Lipinski definition) is 3. The molecule has 2 aromatic rings. The van der Waals surface area contributed by atoms with Crippen molar-refractivity contribution < 1.29 is 9.18 Å². The van der Waals surface area contributed by atoms with Crippen LogP contribution in [0.15, 0.2) is 41.4 Å². The molecule has 0 radical (unpaired) electrons. The highest BCUT2D eigenvalue weighted by Crippen LogP contribution is 2.16. The quantitative estimate of drug-likeness (QED) is 0.294. The molecule has 0 bridgehead atoms. The summed E-state index contributed by atoms with van der Waals surface area (Å²) in [7, 11) is 1.68. The molecule has 2 rings (SSSR count). The van der Waals surface area contributed by atoms with Gasteiger partial charge in [-0.2, -0.15) is 0 Å². The number of thiophene rings is 1. The number of amides is 1. The molecule has 1 aromatic carbocycles. The number of hydrogen-bond acceptors (Lipinski definition) is 3. The zero-order chi connectivity index (χ0) is 18.9. The molecule has 0 aliphatic carbocycles. The molecule has 148 valence electrons. The van der Waals surface area contributed by atoms with Gasteiger partial charge in [-0.3, -0.25) is 9.79 Å². The van der Waals surface area contributed by atoms with Crippen molar-refractivity contribution in [1.29, 1.82) is 0 Å². The van der Waals surface area contributed by atoms with Crippen LogP contribution in [0.2, 0.25) is 0 Å². The number of benzene rings is 1. The number of nitrogens with one attached hydrogen (secondary N) is 2. The maximum atomic E-state index is 13.0. The number of guanidine groups is 1. The van der Waals surface area contributed by atoms with E-state index < -0.39 is 11.8 Å². The van der Waals surface area contributed by atoms with Crippen molar-refractivity contribution in [2.45, 2.75) is 26.3 Å². The molecule has 0 spiro atoms. The molecule has 27 heavy (non-hydrogen) atoms. The van der Waals surface area contributed by atoms with Gasteiger partial charge < -0.3 is 16.4 Å². The SMILES string of the molecule is CCc1ccc(CNC(=NC)NCC(Cc2ccc(F)cc2)C(N)=O)s1.I. The second-order valence-corrected chi connectivity index (χ2v) is 7.21. The third-order valence-corrected chi connectivity index (χ3v) is 5.26. The lowest BCUT2D eigenvalue weighted by atomic mass is 9.98. The van der Waals surface area contributed by atoms with Gasteiger partial charge in [0, 0.05) is 23.3 Å². The summed E-state index contributed by atoms with van der Waals surface area (Å²) in [6, 6.07) is 10.3. The van der Waals surface area contributed by atoms with Gasteiger partial charge in [0.1, 0.15) is 5.82 Å². The number of rotatable bonds is 8. The Kier molecular flexibility index (Phi) is 10.3. The van der Waals surface area contributed by atoms with Crippen molar-refractivity contribution in [1.82, 2.24) is 10.6 Å². The van der Waals surface area contributed by atoms with Crippen LogP contribution >= 0.6 is 35.3 Å². The predicted octanol–water partition coefficient (Wildman–Crippen LogP) is 3.08. The van der Waals surface area contributed by atoms with Gasteiger partial charge in [-0.15, -0.1) is 35.3 Å². The van der Waals surface area contributed by atoms with E-state index in [1.807, 2.05) is 0 Å². The standard InChI is InChI=1S/C19H25FN4OS.HI/c1-3-16-8-9-17(26-16)12-24-19(22-2)23-11-14(18(21)25)10-13-4-6-15(20)7-5-13;/h4-9,14H,3,10-12H2,1-2H3,(H2,21,25)(H2,22,23,24);1H. The van der Waals surface area contributed by atoms with Crippen molar-refractivity contribution in [2.24, 2.45) is 16.6 Å². The predicted molar refractivity (Wildman–Crippen MR) is 120 cm³/mol. The van der Waals surface area contributed by atoms with Gasteiger partial charge in [-0.1, -0.05) is 19.1 Å². The number of carbonyl (C=O) groups is 1. The topological polar surface area (TPSA) is 79.5 Å². The average molecular weight is 504 g/mol. The van der Waals surface area contributed by atoms with Gasteiger partial charge in [0.05, 0.1) is 12.5 Å². The van der Waals surface area contributed by atoms with Crippen molar-refractivity contribution in [2.75, 3.05) is 13.6 Å². The van der Waals surface area contributed by atoms with E-state index in [0.29, 0.717) is 25.5 Å². The molecule has 4 N–H and O–H groups in total. The average Bonchev–Trinajstić information content (AvgIpc) is 3.10. The summed E-state index contributed by atoms with van der Waals surface area (Å²) in [4.78, 5) is 18.5. The number of nitrogens with two attached hydrogens (primary N) is 1. The molecule has 1 atom stereocenters. The highest BCUT2D eigenvalue weighted by Gasteiger charge is 2.16. The maximum absolute atomic E-state index is 13.0. The highest BCUT2D eigenvalue weighted by molar-refractivity contribution is 14.0. The number of aliphatic imine (C=N–C) groups is 1. The Balaban J connectivity index is 0.00000364. The third-order valence-electron chi connectivity index (χ3n) is 4.03. The van der Waals surface area contributed by atoms with Crippen molar-refractivity contribution in [3.05, 3.63) is 57.5 Å². The molecule has 1 amide bonds. The first-order chi connectivity index (χ1) is 12.5. The fraction of sp³-hybridized carbons (Fsp3) is 0.368. The van der Waals surface area contributed by atoms with Gasteiger partial charge in [0.15, 0.2) is 5.96 Å². The van der Waals surface area contributed by atoms with E-state index in [1.54, 1.807) is 30.5 Å². The van der Waals surface area contributed by atoms with E-state index in [-0.39, 0.29) is 29.8 Å². The van der Waals surface area contributed by atoms with Crippen LogP contribution in [-0.4, -0.2) is 25.5 Å². The Morgan fingerprint density at radius 1 is 1.19 bits per heavy atom. The van der Waals surface area contributed by atoms with Crippen LogP contribution in [0.4, 0.5) is 4.39 Å². The summed E-state index contributed by atoms with van der Waals surface area (Å²) in [6.07, 6.45) is 1.48. The first-order valence-corrected chi connectivity index (χ1v) is 9.39. The molecule has 5 nitrogen and oxygen atoms in total. The van der Waals surface area contributed by atoms with Crippen LogP contribution < -0.4 is 16.4 Å². The van der Waals surface area contributed by atoms with Gasteiger partial charge in [0.2, 0.25) is 5.91 Å². The fourth-order valence-electron chi connectivity index (χ4n) is 2.50. The van der Waals surface area contributed by atoms with Gasteiger partial charge in [-0.25, -0.2) is 4.39 Å². The number of aryl methyl sites for hydroxylation is 1.